The van der Waals surface area contributed by atoms with Crippen LogP contribution in [0.3, 0.4) is 0 Å². The molecule has 0 heterocycles. The van der Waals surface area contributed by atoms with E-state index in [9.17, 15) is 9.59 Å². The molecular formula is C26H32Cl2O6. The van der Waals surface area contributed by atoms with E-state index in [1.165, 1.54) is 0 Å². The van der Waals surface area contributed by atoms with Crippen molar-refractivity contribution in [2.75, 3.05) is 26.4 Å². The number of hydrogen-bond acceptors (Lipinski definition) is 6. The molecule has 0 bridgehead atoms. The summed E-state index contributed by atoms with van der Waals surface area (Å²) in [4.78, 5) is 23.5. The average molecular weight is 511 g/mol. The van der Waals surface area contributed by atoms with E-state index in [0.717, 1.165) is 38.5 Å². The van der Waals surface area contributed by atoms with Crippen molar-refractivity contribution < 1.29 is 28.5 Å². The molecule has 0 aliphatic carbocycles. The third-order valence-corrected chi connectivity index (χ3v) is 5.52. The van der Waals surface area contributed by atoms with Crippen LogP contribution >= 0.6 is 23.2 Å². The highest BCUT2D eigenvalue weighted by atomic mass is 35.5. The van der Waals surface area contributed by atoms with Crippen molar-refractivity contribution in [1.29, 1.82) is 0 Å². The van der Waals surface area contributed by atoms with Gasteiger partial charge in [-0.15, -0.1) is 0 Å². The maximum absolute atomic E-state index is 11.8. The first-order valence-electron chi connectivity index (χ1n) is 11.6. The fraction of sp³-hybridized carbons (Fsp3) is 0.462. The number of benzene rings is 2. The lowest BCUT2D eigenvalue weighted by Crippen LogP contribution is -2.12. The van der Waals surface area contributed by atoms with Gasteiger partial charge in [0.2, 0.25) is 0 Å². The van der Waals surface area contributed by atoms with E-state index in [1.54, 1.807) is 24.3 Å². The molecule has 0 fully saturated rings. The zero-order valence-electron chi connectivity index (χ0n) is 19.3. The van der Waals surface area contributed by atoms with Crippen molar-refractivity contribution in [3.05, 3.63) is 58.6 Å². The number of rotatable bonds is 17. The molecule has 0 aliphatic heterocycles. The van der Waals surface area contributed by atoms with Gasteiger partial charge in [-0.2, -0.15) is 0 Å². The molecule has 0 atom stereocenters. The summed E-state index contributed by atoms with van der Waals surface area (Å²) in [7, 11) is 0. The van der Waals surface area contributed by atoms with Crippen LogP contribution in [0.4, 0.5) is 0 Å². The monoisotopic (exact) mass is 510 g/mol. The Hall–Kier alpha value is -2.44. The van der Waals surface area contributed by atoms with Crippen molar-refractivity contribution >= 4 is 35.1 Å². The minimum atomic E-state index is -0.219. The third kappa shape index (κ3) is 12.1. The molecule has 0 N–H and O–H groups in total. The first kappa shape index (κ1) is 27.8. The van der Waals surface area contributed by atoms with E-state index in [0.29, 0.717) is 34.4 Å². The normalized spacial score (nSPS) is 10.5. The topological polar surface area (TPSA) is 71.1 Å². The summed E-state index contributed by atoms with van der Waals surface area (Å²) in [5, 5.41) is 1.06. The molecule has 0 spiro atoms. The number of ether oxygens (including phenoxy) is 4. The van der Waals surface area contributed by atoms with Gasteiger partial charge in [-0.1, -0.05) is 73.2 Å². The lowest BCUT2D eigenvalue weighted by molar-refractivity contribution is -0.145. The molecular weight excluding hydrogens is 479 g/mol. The maximum atomic E-state index is 11.8. The Bertz CT molecular complexity index is 802. The van der Waals surface area contributed by atoms with Crippen molar-refractivity contribution in [3.8, 4) is 11.5 Å². The Labute approximate surface area is 211 Å². The quantitative estimate of drug-likeness (QED) is 0.175. The van der Waals surface area contributed by atoms with Crippen LogP contribution in [0.1, 0.15) is 51.4 Å². The van der Waals surface area contributed by atoms with Crippen LogP contribution in [-0.4, -0.2) is 38.4 Å². The molecule has 34 heavy (non-hydrogen) atoms. The van der Waals surface area contributed by atoms with Crippen LogP contribution in [-0.2, 0) is 19.1 Å². The lowest BCUT2D eigenvalue weighted by atomic mass is 10.1. The maximum Gasteiger partial charge on any atom is 0.305 e. The molecule has 8 heteroatoms. The largest absolute Gasteiger partial charge is 0.488 e. The van der Waals surface area contributed by atoms with Gasteiger partial charge in [-0.25, -0.2) is 0 Å². The van der Waals surface area contributed by atoms with E-state index in [-0.39, 0.29) is 38.4 Å². The second kappa shape index (κ2) is 17.1. The first-order valence-corrected chi connectivity index (χ1v) is 12.4. The molecule has 2 aromatic rings. The van der Waals surface area contributed by atoms with Crippen molar-refractivity contribution in [2.45, 2.75) is 51.4 Å². The van der Waals surface area contributed by atoms with Gasteiger partial charge in [0.25, 0.3) is 0 Å². The summed E-state index contributed by atoms with van der Waals surface area (Å²) in [5.74, 6) is 0.722. The molecule has 186 valence electrons. The zero-order chi connectivity index (χ0) is 24.4. The van der Waals surface area contributed by atoms with Crippen LogP contribution in [0, 0.1) is 0 Å². The van der Waals surface area contributed by atoms with Crippen LogP contribution < -0.4 is 9.47 Å². The number of halogens is 2. The van der Waals surface area contributed by atoms with Crippen molar-refractivity contribution in [2.24, 2.45) is 0 Å². The predicted molar refractivity (Wildman–Crippen MR) is 133 cm³/mol. The summed E-state index contributed by atoms with van der Waals surface area (Å²) < 4.78 is 21.3. The standard InChI is InChI=1S/C26H32Cl2O6/c27-21-11-7-9-13-23(21)31-17-19-33-25(29)15-5-3-1-2-4-6-16-26(30)34-20-18-32-24-14-10-8-12-22(24)28/h7-14H,1-6,15-20H2. The Morgan fingerprint density at radius 2 is 0.941 bits per heavy atom. The third-order valence-electron chi connectivity index (χ3n) is 4.89. The smallest absolute Gasteiger partial charge is 0.305 e. The van der Waals surface area contributed by atoms with Crippen LogP contribution in [0.25, 0.3) is 0 Å². The molecule has 0 saturated heterocycles. The first-order chi connectivity index (χ1) is 16.6. The predicted octanol–water partition coefficient (Wildman–Crippen LogP) is 6.66. The number of carbonyl (C=O) groups is 2. The number of unbranched alkanes of at least 4 members (excludes halogenated alkanes) is 5. The average Bonchev–Trinajstić information content (AvgIpc) is 2.83. The van der Waals surface area contributed by atoms with E-state index in [2.05, 4.69) is 0 Å². The Morgan fingerprint density at radius 1 is 0.559 bits per heavy atom. The molecule has 0 aliphatic rings. The number of para-hydroxylation sites is 2. The van der Waals surface area contributed by atoms with Crippen molar-refractivity contribution in [1.82, 2.24) is 0 Å². The van der Waals surface area contributed by atoms with E-state index >= 15 is 0 Å². The second-order valence-corrected chi connectivity index (χ2v) is 8.43. The molecule has 6 nitrogen and oxygen atoms in total. The number of hydrogen-bond donors (Lipinski definition) is 0. The highest BCUT2D eigenvalue weighted by Crippen LogP contribution is 2.23. The van der Waals surface area contributed by atoms with Crippen LogP contribution in [0.15, 0.2) is 48.5 Å². The molecule has 0 amide bonds. The SMILES string of the molecule is O=C(CCCCCCCCC(=O)OCCOc1ccccc1Cl)OCCOc1ccccc1Cl. The van der Waals surface area contributed by atoms with Crippen LogP contribution in [0.2, 0.25) is 10.0 Å². The number of carbonyl (C=O) groups excluding carboxylic acids is 2. The summed E-state index contributed by atoms with van der Waals surface area (Å²) >= 11 is 12.0. The van der Waals surface area contributed by atoms with E-state index in [4.69, 9.17) is 42.1 Å². The number of esters is 2. The summed E-state index contributed by atoms with van der Waals surface area (Å²) in [6.45, 7) is 0.942. The van der Waals surface area contributed by atoms with E-state index in [1.807, 2.05) is 24.3 Å². The highest BCUT2D eigenvalue weighted by Gasteiger charge is 2.06. The Morgan fingerprint density at radius 3 is 1.35 bits per heavy atom. The Kier molecular flexibility index (Phi) is 14.0. The van der Waals surface area contributed by atoms with Gasteiger partial charge >= 0.3 is 11.9 Å². The lowest BCUT2D eigenvalue weighted by Gasteiger charge is -2.09. The minimum Gasteiger partial charge on any atom is -0.488 e. The fourth-order valence-electron chi connectivity index (χ4n) is 3.13. The molecule has 0 radical (unpaired) electrons. The van der Waals surface area contributed by atoms with Gasteiger partial charge in [-0.05, 0) is 37.1 Å². The molecule has 0 unspecified atom stereocenters. The summed E-state index contributed by atoms with van der Waals surface area (Å²) in [6, 6.07) is 14.3. The van der Waals surface area contributed by atoms with Crippen molar-refractivity contribution in [3.63, 3.8) is 0 Å². The summed E-state index contributed by atoms with van der Waals surface area (Å²) in [5.41, 5.74) is 0. The molecule has 2 rings (SSSR count). The second-order valence-electron chi connectivity index (χ2n) is 7.62. The van der Waals surface area contributed by atoms with Gasteiger partial charge in [0.15, 0.2) is 0 Å². The zero-order valence-corrected chi connectivity index (χ0v) is 20.8. The van der Waals surface area contributed by atoms with E-state index < -0.39 is 0 Å². The Balaban J connectivity index is 1.36. The fourth-order valence-corrected chi connectivity index (χ4v) is 3.51. The molecule has 0 aromatic heterocycles. The van der Waals surface area contributed by atoms with Crippen LogP contribution in [0.5, 0.6) is 11.5 Å². The van der Waals surface area contributed by atoms with Gasteiger partial charge in [0, 0.05) is 12.8 Å². The molecule has 2 aromatic carbocycles. The highest BCUT2D eigenvalue weighted by molar-refractivity contribution is 6.32. The summed E-state index contributed by atoms with van der Waals surface area (Å²) in [6.07, 6.45) is 6.32. The van der Waals surface area contributed by atoms with Gasteiger partial charge < -0.3 is 18.9 Å². The van der Waals surface area contributed by atoms with Gasteiger partial charge in [0.05, 0.1) is 10.0 Å². The minimum absolute atomic E-state index is 0.201. The van der Waals surface area contributed by atoms with Gasteiger partial charge in [0.1, 0.15) is 37.9 Å². The molecule has 0 saturated carbocycles. The van der Waals surface area contributed by atoms with Gasteiger partial charge in [-0.3, -0.25) is 9.59 Å².